The summed E-state index contributed by atoms with van der Waals surface area (Å²) in [4.78, 5) is 10.2. The Labute approximate surface area is 127 Å². The molecule has 21 heavy (non-hydrogen) atoms. The van der Waals surface area contributed by atoms with Gasteiger partial charge >= 0.3 is 0 Å². The van der Waals surface area contributed by atoms with E-state index in [-0.39, 0.29) is 16.2 Å². The summed E-state index contributed by atoms with van der Waals surface area (Å²) >= 11 is 5.86. The second-order valence-electron chi connectivity index (χ2n) is 5.60. The van der Waals surface area contributed by atoms with E-state index in [1.807, 2.05) is 27.0 Å². The van der Waals surface area contributed by atoms with Crippen molar-refractivity contribution >= 4 is 23.0 Å². The van der Waals surface area contributed by atoms with Gasteiger partial charge in [0.25, 0.3) is 5.69 Å². The molecule has 0 bridgehead atoms. The van der Waals surface area contributed by atoms with E-state index in [1.54, 1.807) is 10.7 Å². The lowest BCUT2D eigenvalue weighted by molar-refractivity contribution is -0.384. The van der Waals surface area contributed by atoms with Gasteiger partial charge in [-0.2, -0.15) is 0 Å². The minimum Gasteiger partial charge on any atom is -0.379 e. The van der Waals surface area contributed by atoms with Crippen LogP contribution in [0.2, 0.25) is 5.02 Å². The van der Waals surface area contributed by atoms with Crippen molar-refractivity contribution in [3.63, 3.8) is 0 Å². The van der Waals surface area contributed by atoms with Crippen molar-refractivity contribution in [3.8, 4) is 0 Å². The number of benzene rings is 1. The topological polar surface area (TPSA) is 85.9 Å². The summed E-state index contributed by atoms with van der Waals surface area (Å²) in [5.74, 6) is 0. The maximum atomic E-state index is 10.7. The smallest absolute Gasteiger partial charge is 0.288 e. The lowest BCUT2D eigenvalue weighted by Gasteiger charge is -2.17. The maximum absolute atomic E-state index is 10.7. The van der Waals surface area contributed by atoms with Crippen molar-refractivity contribution in [1.29, 1.82) is 0 Å². The Hall–Kier alpha value is -2.15. The fourth-order valence-electron chi connectivity index (χ4n) is 1.66. The van der Waals surface area contributed by atoms with Crippen LogP contribution < -0.4 is 5.32 Å². The van der Waals surface area contributed by atoms with Gasteiger partial charge < -0.3 is 5.32 Å². The quantitative estimate of drug-likeness (QED) is 0.692. The number of hydrogen-bond acceptors (Lipinski definition) is 5. The van der Waals surface area contributed by atoms with Crippen LogP contribution in [0.5, 0.6) is 0 Å². The second-order valence-corrected chi connectivity index (χ2v) is 6.01. The van der Waals surface area contributed by atoms with Crippen molar-refractivity contribution < 1.29 is 4.92 Å². The first-order chi connectivity index (χ1) is 9.77. The monoisotopic (exact) mass is 309 g/mol. The number of anilines is 1. The highest BCUT2D eigenvalue weighted by molar-refractivity contribution is 6.32. The Morgan fingerprint density at radius 3 is 2.67 bits per heavy atom. The summed E-state index contributed by atoms with van der Waals surface area (Å²) in [5, 5.41) is 22.0. The summed E-state index contributed by atoms with van der Waals surface area (Å²) in [6, 6.07) is 4.50. The molecule has 1 N–H and O–H groups in total. The summed E-state index contributed by atoms with van der Waals surface area (Å²) in [7, 11) is 0. The van der Waals surface area contributed by atoms with Crippen LogP contribution in [-0.2, 0) is 12.1 Å². The molecular weight excluding hydrogens is 294 g/mol. The first-order valence-electron chi connectivity index (χ1n) is 6.37. The summed E-state index contributed by atoms with van der Waals surface area (Å²) in [6.07, 6.45) is 1.86. The molecule has 8 heteroatoms. The molecule has 2 rings (SSSR count). The lowest BCUT2D eigenvalue weighted by atomic mass is 10.1. The third-order valence-electron chi connectivity index (χ3n) is 2.85. The summed E-state index contributed by atoms with van der Waals surface area (Å²) in [6.45, 7) is 6.57. The van der Waals surface area contributed by atoms with Gasteiger partial charge in [-0.05, 0) is 32.9 Å². The molecule has 0 amide bonds. The summed E-state index contributed by atoms with van der Waals surface area (Å²) in [5.41, 5.74) is 1.23. The fraction of sp³-hybridized carbons (Fsp3) is 0.385. The maximum Gasteiger partial charge on any atom is 0.288 e. The van der Waals surface area contributed by atoms with E-state index >= 15 is 0 Å². The predicted molar refractivity (Wildman–Crippen MR) is 80.5 cm³/mol. The number of nitrogens with zero attached hydrogens (tertiary/aromatic N) is 4. The molecule has 0 saturated heterocycles. The van der Waals surface area contributed by atoms with Crippen LogP contribution in [0, 0.1) is 10.1 Å². The van der Waals surface area contributed by atoms with Gasteiger partial charge in [-0.15, -0.1) is 5.10 Å². The highest BCUT2D eigenvalue weighted by Gasteiger charge is 2.15. The summed E-state index contributed by atoms with van der Waals surface area (Å²) < 4.78 is 1.78. The van der Waals surface area contributed by atoms with Gasteiger partial charge in [0.2, 0.25) is 0 Å². The first kappa shape index (κ1) is 15.2. The molecule has 112 valence electrons. The molecule has 0 unspecified atom stereocenters. The number of rotatable bonds is 4. The molecule has 2 aromatic rings. The van der Waals surface area contributed by atoms with Crippen molar-refractivity contribution in [2.45, 2.75) is 32.9 Å². The Kier molecular flexibility index (Phi) is 4.13. The number of nitro benzene ring substituents is 1. The third-order valence-corrected chi connectivity index (χ3v) is 3.15. The molecule has 1 heterocycles. The van der Waals surface area contributed by atoms with Gasteiger partial charge in [-0.1, -0.05) is 16.8 Å². The predicted octanol–water partition coefficient (Wildman–Crippen LogP) is 3.21. The first-order valence-corrected chi connectivity index (χ1v) is 6.74. The third kappa shape index (κ3) is 3.69. The number of halogens is 1. The molecule has 1 aromatic carbocycles. The van der Waals surface area contributed by atoms with Crippen LogP contribution in [0.1, 0.15) is 26.5 Å². The Balaban J connectivity index is 2.05. The van der Waals surface area contributed by atoms with Crippen LogP contribution in [0.25, 0.3) is 0 Å². The average Bonchev–Trinajstić information content (AvgIpc) is 2.84. The van der Waals surface area contributed by atoms with E-state index in [2.05, 4.69) is 15.6 Å². The lowest BCUT2D eigenvalue weighted by Crippen LogP contribution is -2.22. The molecule has 0 saturated carbocycles. The van der Waals surface area contributed by atoms with Crippen molar-refractivity contribution in [3.05, 3.63) is 45.2 Å². The van der Waals surface area contributed by atoms with Gasteiger partial charge in [0.15, 0.2) is 0 Å². The van der Waals surface area contributed by atoms with E-state index in [0.29, 0.717) is 12.2 Å². The standard InChI is InChI=1S/C13H16ClN5O2/c1-13(2,3)18-8-10(16-17-18)7-15-9-4-5-12(19(20)21)11(14)6-9/h4-6,8,15H,7H2,1-3H3. The van der Waals surface area contributed by atoms with Crippen molar-refractivity contribution in [2.75, 3.05) is 5.32 Å². The van der Waals surface area contributed by atoms with Gasteiger partial charge in [0.1, 0.15) is 10.7 Å². The average molecular weight is 310 g/mol. The molecule has 1 aromatic heterocycles. The largest absolute Gasteiger partial charge is 0.379 e. The zero-order chi connectivity index (χ0) is 15.6. The zero-order valence-electron chi connectivity index (χ0n) is 12.0. The highest BCUT2D eigenvalue weighted by atomic mass is 35.5. The van der Waals surface area contributed by atoms with E-state index in [9.17, 15) is 10.1 Å². The molecule has 0 aliphatic heterocycles. The SMILES string of the molecule is CC(C)(C)n1cc(CNc2ccc([N+](=O)[O-])c(Cl)c2)nn1. The minimum absolute atomic E-state index is 0.100. The molecule has 0 radical (unpaired) electrons. The van der Waals surface area contributed by atoms with Crippen molar-refractivity contribution in [1.82, 2.24) is 15.0 Å². The minimum atomic E-state index is -0.513. The zero-order valence-corrected chi connectivity index (χ0v) is 12.8. The Bertz CT molecular complexity index is 663. The second kappa shape index (κ2) is 5.69. The number of hydrogen-bond donors (Lipinski definition) is 1. The molecular formula is C13H16ClN5O2. The van der Waals surface area contributed by atoms with Crippen LogP contribution >= 0.6 is 11.6 Å². The van der Waals surface area contributed by atoms with Crippen LogP contribution in [0.3, 0.4) is 0 Å². The van der Waals surface area contributed by atoms with Crippen LogP contribution in [0.15, 0.2) is 24.4 Å². The highest BCUT2D eigenvalue weighted by Crippen LogP contribution is 2.27. The van der Waals surface area contributed by atoms with Gasteiger partial charge in [0, 0.05) is 11.8 Å². The van der Waals surface area contributed by atoms with Gasteiger partial charge in [-0.3, -0.25) is 10.1 Å². The molecule has 0 aliphatic rings. The number of nitrogens with one attached hydrogen (secondary N) is 1. The fourth-order valence-corrected chi connectivity index (χ4v) is 1.91. The van der Waals surface area contributed by atoms with E-state index in [0.717, 1.165) is 5.69 Å². The van der Waals surface area contributed by atoms with E-state index in [1.165, 1.54) is 12.1 Å². The molecule has 0 spiro atoms. The van der Waals surface area contributed by atoms with Crippen molar-refractivity contribution in [2.24, 2.45) is 0 Å². The molecule has 0 atom stereocenters. The molecule has 0 aliphatic carbocycles. The van der Waals surface area contributed by atoms with Gasteiger partial charge in [0.05, 0.1) is 23.2 Å². The Morgan fingerprint density at radius 2 is 2.14 bits per heavy atom. The van der Waals surface area contributed by atoms with E-state index in [4.69, 9.17) is 11.6 Å². The normalized spacial score (nSPS) is 11.4. The number of nitro groups is 1. The van der Waals surface area contributed by atoms with Crippen LogP contribution in [0.4, 0.5) is 11.4 Å². The molecule has 7 nitrogen and oxygen atoms in total. The molecule has 0 fully saturated rings. The van der Waals surface area contributed by atoms with Gasteiger partial charge in [-0.25, -0.2) is 4.68 Å². The van der Waals surface area contributed by atoms with E-state index < -0.39 is 4.92 Å². The number of aromatic nitrogens is 3. The Morgan fingerprint density at radius 1 is 1.43 bits per heavy atom. The van der Waals surface area contributed by atoms with Crippen LogP contribution in [-0.4, -0.2) is 19.9 Å².